The molecule has 1 amide bonds. The monoisotopic (exact) mass is 189 g/mol. The first kappa shape index (κ1) is 9.98. The maximum atomic E-state index is 10.4. The molecule has 2 aromatic heterocycles. The van der Waals surface area contributed by atoms with Crippen molar-refractivity contribution in [3.8, 4) is 0 Å². The largest absolute Gasteiger partial charge is 0.368 e. The number of carbonyl (C=O) groups excluding carboxylic acids is 1. The van der Waals surface area contributed by atoms with Gasteiger partial charge in [-0.25, -0.2) is 0 Å². The molecule has 0 saturated carbocycles. The summed E-state index contributed by atoms with van der Waals surface area (Å²) in [7, 11) is 0. The summed E-state index contributed by atoms with van der Waals surface area (Å²) < 4.78 is 0. The van der Waals surface area contributed by atoms with Crippen LogP contribution >= 0.6 is 0 Å². The molecular formula is C10H11N3O. The fourth-order valence-corrected chi connectivity index (χ4v) is 0.786. The van der Waals surface area contributed by atoms with Crippen LogP contribution in [0.4, 0.5) is 0 Å². The highest BCUT2D eigenvalue weighted by molar-refractivity contribution is 5.92. The molecule has 0 atom stereocenters. The van der Waals surface area contributed by atoms with E-state index in [1.54, 1.807) is 18.3 Å². The molecule has 3 N–H and O–H groups in total. The summed E-state index contributed by atoms with van der Waals surface area (Å²) in [4.78, 5) is 16.9. The molecule has 72 valence electrons. The second-order valence-electron chi connectivity index (χ2n) is 2.49. The minimum Gasteiger partial charge on any atom is -0.368 e. The number of hydrogen-bond donors (Lipinski definition) is 2. The van der Waals surface area contributed by atoms with Gasteiger partial charge in [0.2, 0.25) is 5.91 Å². The number of nitrogens with two attached hydrogens (primary N) is 1. The molecule has 0 aromatic carbocycles. The molecular weight excluding hydrogens is 178 g/mol. The lowest BCUT2D eigenvalue weighted by atomic mass is 10.3. The minimum atomic E-state index is -0.442. The van der Waals surface area contributed by atoms with Crippen LogP contribution in [0, 0.1) is 0 Å². The highest BCUT2D eigenvalue weighted by Crippen LogP contribution is 1.91. The van der Waals surface area contributed by atoms with E-state index < -0.39 is 5.91 Å². The Morgan fingerprint density at radius 3 is 2.29 bits per heavy atom. The Bertz CT molecular complexity index is 339. The first-order valence-electron chi connectivity index (χ1n) is 4.08. The average molecular weight is 189 g/mol. The molecule has 0 aliphatic rings. The molecule has 4 heteroatoms. The van der Waals surface area contributed by atoms with Crippen LogP contribution in [0.3, 0.4) is 0 Å². The van der Waals surface area contributed by atoms with Crippen LogP contribution in [0.5, 0.6) is 0 Å². The van der Waals surface area contributed by atoms with Crippen molar-refractivity contribution < 1.29 is 4.79 Å². The molecule has 2 aromatic rings. The number of rotatable bonds is 1. The molecule has 0 aliphatic heterocycles. The normalized spacial score (nSPS) is 8.57. The van der Waals surface area contributed by atoms with E-state index in [1.165, 1.54) is 6.20 Å². The van der Waals surface area contributed by atoms with Crippen molar-refractivity contribution >= 4 is 5.91 Å². The summed E-state index contributed by atoms with van der Waals surface area (Å²) in [5.74, 6) is -0.442. The van der Waals surface area contributed by atoms with E-state index >= 15 is 0 Å². The van der Waals surface area contributed by atoms with E-state index in [0.29, 0.717) is 5.56 Å². The van der Waals surface area contributed by atoms with Gasteiger partial charge in [0.15, 0.2) is 0 Å². The quantitative estimate of drug-likeness (QED) is 0.707. The van der Waals surface area contributed by atoms with Crippen LogP contribution < -0.4 is 5.73 Å². The lowest BCUT2D eigenvalue weighted by Crippen LogP contribution is -2.10. The number of hydrogen-bond acceptors (Lipinski definition) is 2. The molecule has 0 fully saturated rings. The molecule has 0 saturated heterocycles. The van der Waals surface area contributed by atoms with Gasteiger partial charge in [0.05, 0.1) is 5.56 Å². The summed E-state index contributed by atoms with van der Waals surface area (Å²) in [6.45, 7) is 0. The Morgan fingerprint density at radius 1 is 1.29 bits per heavy atom. The Labute approximate surface area is 81.8 Å². The molecule has 0 spiro atoms. The Kier molecular flexibility index (Phi) is 3.94. The zero-order valence-electron chi connectivity index (χ0n) is 7.55. The Morgan fingerprint density at radius 2 is 2.00 bits per heavy atom. The van der Waals surface area contributed by atoms with Crippen molar-refractivity contribution in [2.24, 2.45) is 5.73 Å². The minimum absolute atomic E-state index is 0.442. The third-order valence-corrected chi connectivity index (χ3v) is 1.44. The Hall–Kier alpha value is -2.10. The molecule has 2 rings (SSSR count). The predicted octanol–water partition coefficient (Wildman–Crippen LogP) is 1.20. The van der Waals surface area contributed by atoms with Crippen molar-refractivity contribution in [2.45, 2.75) is 0 Å². The highest BCUT2D eigenvalue weighted by atomic mass is 16.1. The number of H-pyrrole nitrogens is 1. The van der Waals surface area contributed by atoms with Gasteiger partial charge >= 0.3 is 0 Å². The summed E-state index contributed by atoms with van der Waals surface area (Å²) >= 11 is 0. The van der Waals surface area contributed by atoms with Crippen LogP contribution in [0.1, 0.15) is 10.4 Å². The number of carbonyl (C=O) groups is 1. The van der Waals surface area contributed by atoms with E-state index in [9.17, 15) is 4.79 Å². The van der Waals surface area contributed by atoms with Crippen LogP contribution in [0.15, 0.2) is 49.1 Å². The van der Waals surface area contributed by atoms with Crippen LogP contribution in [0.25, 0.3) is 0 Å². The molecule has 0 aliphatic carbocycles. The average Bonchev–Trinajstić information content (AvgIpc) is 2.77. The summed E-state index contributed by atoms with van der Waals surface area (Å²) in [6.07, 6.45) is 6.77. The summed E-state index contributed by atoms with van der Waals surface area (Å²) in [5, 5.41) is 0. The number of primary amides is 1. The Balaban J connectivity index is 0.000000165. The van der Waals surface area contributed by atoms with Crippen molar-refractivity contribution in [3.05, 3.63) is 54.6 Å². The zero-order chi connectivity index (χ0) is 10.2. The maximum absolute atomic E-state index is 10.4. The number of nitrogens with one attached hydrogen (secondary N) is 1. The molecule has 14 heavy (non-hydrogen) atoms. The van der Waals surface area contributed by atoms with Crippen molar-refractivity contribution in [3.63, 3.8) is 0 Å². The van der Waals surface area contributed by atoms with E-state index in [0.717, 1.165) is 0 Å². The van der Waals surface area contributed by atoms with Gasteiger partial charge in [-0.1, -0.05) is 0 Å². The van der Waals surface area contributed by atoms with Gasteiger partial charge in [0.25, 0.3) is 0 Å². The van der Waals surface area contributed by atoms with Crippen molar-refractivity contribution in [2.75, 3.05) is 0 Å². The first-order valence-corrected chi connectivity index (χ1v) is 4.08. The van der Waals surface area contributed by atoms with E-state index in [-0.39, 0.29) is 0 Å². The number of pyridine rings is 1. The van der Waals surface area contributed by atoms with Gasteiger partial charge < -0.3 is 10.7 Å². The predicted molar refractivity (Wildman–Crippen MR) is 53.5 cm³/mol. The number of nitrogens with zero attached hydrogens (tertiary/aromatic N) is 1. The molecule has 0 bridgehead atoms. The van der Waals surface area contributed by atoms with E-state index in [1.807, 2.05) is 24.5 Å². The fourth-order valence-electron chi connectivity index (χ4n) is 0.786. The van der Waals surface area contributed by atoms with Crippen LogP contribution in [0.2, 0.25) is 0 Å². The van der Waals surface area contributed by atoms with Gasteiger partial charge in [-0.05, 0) is 24.3 Å². The van der Waals surface area contributed by atoms with Crippen molar-refractivity contribution in [1.82, 2.24) is 9.97 Å². The molecule has 0 radical (unpaired) electrons. The van der Waals surface area contributed by atoms with Crippen LogP contribution in [-0.2, 0) is 0 Å². The first-order chi connectivity index (χ1) is 6.80. The van der Waals surface area contributed by atoms with Gasteiger partial charge in [-0.3, -0.25) is 9.78 Å². The third-order valence-electron chi connectivity index (χ3n) is 1.44. The summed E-state index contributed by atoms with van der Waals surface area (Å²) in [5.41, 5.74) is 5.38. The summed E-state index contributed by atoms with van der Waals surface area (Å²) in [6, 6.07) is 7.18. The maximum Gasteiger partial charge on any atom is 0.250 e. The van der Waals surface area contributed by atoms with Gasteiger partial charge in [0, 0.05) is 24.8 Å². The standard InChI is InChI=1S/C6H6N2O.C4H5N/c7-6(9)5-2-1-3-8-4-5;1-2-4-5-3-1/h1-4H,(H2,7,9);1-5H. The van der Waals surface area contributed by atoms with E-state index in [4.69, 9.17) is 5.73 Å². The molecule has 4 nitrogen and oxygen atoms in total. The van der Waals surface area contributed by atoms with E-state index in [2.05, 4.69) is 9.97 Å². The lowest BCUT2D eigenvalue weighted by molar-refractivity contribution is 0.1000. The third kappa shape index (κ3) is 3.53. The smallest absolute Gasteiger partial charge is 0.250 e. The number of amides is 1. The van der Waals surface area contributed by atoms with Gasteiger partial charge in [-0.2, -0.15) is 0 Å². The topological polar surface area (TPSA) is 71.8 Å². The highest BCUT2D eigenvalue weighted by Gasteiger charge is 1.94. The van der Waals surface area contributed by atoms with Crippen LogP contribution in [-0.4, -0.2) is 15.9 Å². The second kappa shape index (κ2) is 5.53. The molecule has 2 heterocycles. The zero-order valence-corrected chi connectivity index (χ0v) is 7.55. The van der Waals surface area contributed by atoms with Gasteiger partial charge in [-0.15, -0.1) is 0 Å². The second-order valence-corrected chi connectivity index (χ2v) is 2.49. The SMILES string of the molecule is NC(=O)c1cccnc1.c1cc[nH]c1. The van der Waals surface area contributed by atoms with Crippen molar-refractivity contribution in [1.29, 1.82) is 0 Å². The lowest BCUT2D eigenvalue weighted by Gasteiger charge is -1.88. The van der Waals surface area contributed by atoms with Gasteiger partial charge in [0.1, 0.15) is 0 Å². The number of aromatic nitrogens is 2. The fraction of sp³-hybridized carbons (Fsp3) is 0. The molecule has 0 unspecified atom stereocenters. The number of aromatic amines is 1.